The zero-order valence-corrected chi connectivity index (χ0v) is 12.4. The smallest absolute Gasteiger partial charge is 0.149 e. The van der Waals surface area contributed by atoms with Gasteiger partial charge in [-0.1, -0.05) is 6.92 Å². The van der Waals surface area contributed by atoms with E-state index in [1.54, 1.807) is 23.3 Å². The van der Waals surface area contributed by atoms with Crippen LogP contribution in [-0.2, 0) is 13.1 Å². The highest BCUT2D eigenvalue weighted by molar-refractivity contribution is 7.07. The van der Waals surface area contributed by atoms with E-state index in [0.29, 0.717) is 18.7 Å². The molecule has 0 amide bonds. The van der Waals surface area contributed by atoms with E-state index in [-0.39, 0.29) is 5.69 Å². The van der Waals surface area contributed by atoms with Crippen molar-refractivity contribution < 1.29 is 8.78 Å². The number of anilines is 1. The second-order valence-corrected chi connectivity index (χ2v) is 5.46. The first-order valence-electron chi connectivity index (χ1n) is 6.52. The Morgan fingerprint density at radius 3 is 2.45 bits per heavy atom. The van der Waals surface area contributed by atoms with E-state index in [1.807, 2.05) is 23.8 Å². The van der Waals surface area contributed by atoms with Gasteiger partial charge in [0.2, 0.25) is 0 Å². The van der Waals surface area contributed by atoms with Crippen molar-refractivity contribution in [3.05, 3.63) is 51.7 Å². The maximum absolute atomic E-state index is 14.1. The Bertz CT molecular complexity index is 532. The van der Waals surface area contributed by atoms with Gasteiger partial charge >= 0.3 is 0 Å². The van der Waals surface area contributed by atoms with Gasteiger partial charge in [0.15, 0.2) is 0 Å². The largest absolute Gasteiger partial charge is 0.365 e. The summed E-state index contributed by atoms with van der Waals surface area (Å²) in [5.41, 5.74) is 1.69. The zero-order chi connectivity index (χ0) is 14.5. The van der Waals surface area contributed by atoms with E-state index < -0.39 is 11.6 Å². The molecule has 2 aromatic rings. The average Bonchev–Trinajstić information content (AvgIpc) is 2.88. The molecule has 1 aromatic heterocycles. The molecular formula is C15H18F2N2S. The van der Waals surface area contributed by atoms with Gasteiger partial charge in [-0.3, -0.25) is 0 Å². The van der Waals surface area contributed by atoms with Crippen LogP contribution in [0.25, 0.3) is 0 Å². The first kappa shape index (κ1) is 14.9. The molecule has 108 valence electrons. The molecule has 0 aliphatic carbocycles. The fraction of sp³-hybridized carbons (Fsp3) is 0.333. The van der Waals surface area contributed by atoms with Crippen molar-refractivity contribution in [3.8, 4) is 0 Å². The number of halogens is 2. The van der Waals surface area contributed by atoms with Crippen molar-refractivity contribution in [2.75, 3.05) is 18.5 Å². The molecule has 1 N–H and O–H groups in total. The Morgan fingerprint density at radius 1 is 1.20 bits per heavy atom. The highest BCUT2D eigenvalue weighted by Gasteiger charge is 2.15. The molecule has 20 heavy (non-hydrogen) atoms. The minimum atomic E-state index is -0.518. The lowest BCUT2D eigenvalue weighted by molar-refractivity contribution is 0.570. The average molecular weight is 296 g/mol. The van der Waals surface area contributed by atoms with Crippen LogP contribution in [-0.4, -0.2) is 13.6 Å². The lowest BCUT2D eigenvalue weighted by Gasteiger charge is -2.20. The Kier molecular flexibility index (Phi) is 5.09. The van der Waals surface area contributed by atoms with Gasteiger partial charge in [-0.2, -0.15) is 11.3 Å². The van der Waals surface area contributed by atoms with Crippen molar-refractivity contribution in [2.45, 2.75) is 20.0 Å². The van der Waals surface area contributed by atoms with Gasteiger partial charge in [0.25, 0.3) is 0 Å². The van der Waals surface area contributed by atoms with E-state index >= 15 is 0 Å². The summed E-state index contributed by atoms with van der Waals surface area (Å²) >= 11 is 1.57. The molecule has 2 nitrogen and oxygen atoms in total. The minimum Gasteiger partial charge on any atom is -0.365 e. The number of nitrogens with zero attached hydrogens (tertiary/aromatic N) is 1. The molecular weight excluding hydrogens is 278 g/mol. The number of rotatable bonds is 6. The summed E-state index contributed by atoms with van der Waals surface area (Å²) in [6.45, 7) is 3.68. The van der Waals surface area contributed by atoms with Gasteiger partial charge in [0.05, 0.1) is 0 Å². The molecule has 0 atom stereocenters. The van der Waals surface area contributed by atoms with E-state index in [9.17, 15) is 8.78 Å². The van der Waals surface area contributed by atoms with Gasteiger partial charge < -0.3 is 10.2 Å². The van der Waals surface area contributed by atoms with E-state index in [0.717, 1.165) is 12.1 Å². The molecule has 0 bridgehead atoms. The molecule has 0 aliphatic rings. The number of hydrogen-bond acceptors (Lipinski definition) is 3. The summed E-state index contributed by atoms with van der Waals surface area (Å²) in [5.74, 6) is -1.04. The normalized spacial score (nSPS) is 10.8. The number of hydrogen-bond donors (Lipinski definition) is 1. The zero-order valence-electron chi connectivity index (χ0n) is 11.6. The fourth-order valence-corrected chi connectivity index (χ4v) is 2.75. The first-order valence-corrected chi connectivity index (χ1v) is 7.47. The highest BCUT2D eigenvalue weighted by atomic mass is 32.1. The summed E-state index contributed by atoms with van der Waals surface area (Å²) in [4.78, 5) is 1.60. The van der Waals surface area contributed by atoms with Crippen LogP contribution in [0.1, 0.15) is 18.1 Å². The lowest BCUT2D eigenvalue weighted by atomic mass is 10.1. The molecule has 0 unspecified atom stereocenters. The van der Waals surface area contributed by atoms with Crippen LogP contribution in [0.5, 0.6) is 0 Å². The van der Waals surface area contributed by atoms with Crippen molar-refractivity contribution in [1.29, 1.82) is 0 Å². The molecule has 0 radical (unpaired) electrons. The first-order chi connectivity index (χ1) is 9.61. The number of nitrogens with one attached hydrogen (secondary N) is 1. The number of thiophene rings is 1. The van der Waals surface area contributed by atoms with E-state index in [4.69, 9.17) is 0 Å². The quantitative estimate of drug-likeness (QED) is 0.873. The van der Waals surface area contributed by atoms with E-state index in [2.05, 4.69) is 5.32 Å². The summed E-state index contributed by atoms with van der Waals surface area (Å²) in [6.07, 6.45) is 0. The second-order valence-electron chi connectivity index (χ2n) is 4.68. The van der Waals surface area contributed by atoms with Crippen molar-refractivity contribution in [1.82, 2.24) is 5.32 Å². The summed E-state index contributed by atoms with van der Waals surface area (Å²) in [7, 11) is 1.70. The van der Waals surface area contributed by atoms with Gasteiger partial charge in [-0.15, -0.1) is 0 Å². The predicted octanol–water partition coefficient (Wildman–Crippen LogP) is 3.77. The third-order valence-electron chi connectivity index (χ3n) is 3.04. The van der Waals surface area contributed by atoms with Crippen molar-refractivity contribution in [3.63, 3.8) is 0 Å². The molecule has 0 aliphatic heterocycles. The van der Waals surface area contributed by atoms with Crippen LogP contribution >= 0.6 is 11.3 Å². The Labute approximate surface area is 122 Å². The van der Waals surface area contributed by atoms with Gasteiger partial charge in [-0.05, 0) is 46.6 Å². The second kappa shape index (κ2) is 6.81. The molecule has 0 saturated heterocycles. The highest BCUT2D eigenvalue weighted by Crippen LogP contribution is 2.25. The molecule has 5 heteroatoms. The monoisotopic (exact) mass is 296 g/mol. The standard InChI is InChI=1S/C15H18F2N2S/c1-3-18-8-12-6-13(16)15(14(17)7-12)19(2)9-11-4-5-20-10-11/h4-7,10,18H,3,8-9H2,1-2H3. The van der Waals surface area contributed by atoms with Crippen molar-refractivity contribution >= 4 is 17.0 Å². The SMILES string of the molecule is CCNCc1cc(F)c(N(C)Cc2ccsc2)c(F)c1. The molecule has 0 saturated carbocycles. The van der Waals surface area contributed by atoms with Gasteiger partial charge in [-0.25, -0.2) is 8.78 Å². The van der Waals surface area contributed by atoms with E-state index in [1.165, 1.54) is 12.1 Å². The molecule has 0 spiro atoms. The summed E-state index contributed by atoms with van der Waals surface area (Å²) < 4.78 is 28.2. The van der Waals surface area contributed by atoms with Crippen LogP contribution in [0.15, 0.2) is 29.0 Å². The Morgan fingerprint density at radius 2 is 1.90 bits per heavy atom. The third-order valence-corrected chi connectivity index (χ3v) is 3.77. The van der Waals surface area contributed by atoms with Crippen LogP contribution in [0.4, 0.5) is 14.5 Å². The topological polar surface area (TPSA) is 15.3 Å². The molecule has 1 heterocycles. The van der Waals surface area contributed by atoms with Gasteiger partial charge in [0, 0.05) is 20.1 Å². The Hall–Kier alpha value is -1.46. The fourth-order valence-electron chi connectivity index (χ4n) is 2.09. The summed E-state index contributed by atoms with van der Waals surface area (Å²) in [6, 6.07) is 4.74. The van der Waals surface area contributed by atoms with Crippen molar-refractivity contribution in [2.24, 2.45) is 0 Å². The van der Waals surface area contributed by atoms with Crippen LogP contribution in [0.3, 0.4) is 0 Å². The Balaban J connectivity index is 2.18. The molecule has 2 rings (SSSR count). The van der Waals surface area contributed by atoms with Crippen LogP contribution in [0, 0.1) is 11.6 Å². The summed E-state index contributed by atoms with van der Waals surface area (Å²) in [5, 5.41) is 6.99. The third kappa shape index (κ3) is 3.55. The molecule has 1 aromatic carbocycles. The van der Waals surface area contributed by atoms with Crippen LogP contribution in [0.2, 0.25) is 0 Å². The minimum absolute atomic E-state index is 0.0245. The van der Waals surface area contributed by atoms with Gasteiger partial charge in [0.1, 0.15) is 17.3 Å². The maximum atomic E-state index is 14.1. The van der Waals surface area contributed by atoms with Crippen LogP contribution < -0.4 is 10.2 Å². The lowest BCUT2D eigenvalue weighted by Crippen LogP contribution is -2.20. The predicted molar refractivity (Wildman–Crippen MR) is 80.2 cm³/mol. The number of benzene rings is 1. The molecule has 0 fully saturated rings. The maximum Gasteiger partial charge on any atom is 0.149 e.